The fourth-order valence-electron chi connectivity index (χ4n) is 0.503. The van der Waals surface area contributed by atoms with Crippen molar-refractivity contribution in [2.24, 2.45) is 0 Å². The van der Waals surface area contributed by atoms with Gasteiger partial charge in [-0.3, -0.25) is 0 Å². The van der Waals surface area contributed by atoms with Crippen LogP contribution in [0.2, 0.25) is 10.3 Å². The van der Waals surface area contributed by atoms with E-state index in [0.29, 0.717) is 0 Å². The fourth-order valence-corrected chi connectivity index (χ4v) is 0.823. The maximum atomic E-state index is 10.4. The van der Waals surface area contributed by atoms with Crippen LogP contribution in [-0.4, -0.2) is 21.3 Å². The minimum atomic E-state index is -1.17. The molecule has 66 valence electrons. The molecule has 4 nitrogen and oxygen atoms in total. The second kappa shape index (κ2) is 4.45. The normalized spacial score (nSPS) is 8.83. The first-order valence-corrected chi connectivity index (χ1v) is 3.29. The standard InChI is InChI=1S/C5H2Cl2N2O2.ClH/c6-3-1-2(5(10)11)4(7)9-8-3;/h1H,(H,10,11);1H. The van der Waals surface area contributed by atoms with E-state index in [4.69, 9.17) is 28.3 Å². The van der Waals surface area contributed by atoms with Gasteiger partial charge in [-0.15, -0.1) is 22.6 Å². The summed E-state index contributed by atoms with van der Waals surface area (Å²) in [6.07, 6.45) is 0. The van der Waals surface area contributed by atoms with Gasteiger partial charge in [0.15, 0.2) is 10.3 Å². The van der Waals surface area contributed by atoms with Gasteiger partial charge in [-0.2, -0.15) is 0 Å². The van der Waals surface area contributed by atoms with Gasteiger partial charge in [0.2, 0.25) is 0 Å². The molecule has 1 aromatic heterocycles. The molecule has 0 atom stereocenters. The molecule has 0 bridgehead atoms. The van der Waals surface area contributed by atoms with Crippen LogP contribution in [-0.2, 0) is 0 Å². The van der Waals surface area contributed by atoms with Gasteiger partial charge in [-0.1, -0.05) is 23.2 Å². The molecule has 0 aliphatic rings. The van der Waals surface area contributed by atoms with Crippen LogP contribution in [0, 0.1) is 0 Å². The second-order valence-electron chi connectivity index (χ2n) is 1.68. The van der Waals surface area contributed by atoms with Crippen molar-refractivity contribution in [2.45, 2.75) is 0 Å². The molecule has 12 heavy (non-hydrogen) atoms. The van der Waals surface area contributed by atoms with E-state index in [-0.39, 0.29) is 28.3 Å². The summed E-state index contributed by atoms with van der Waals surface area (Å²) in [7, 11) is 0. The van der Waals surface area contributed by atoms with Gasteiger partial charge < -0.3 is 5.11 Å². The largest absolute Gasteiger partial charge is 0.478 e. The number of rotatable bonds is 1. The molecule has 0 aromatic carbocycles. The van der Waals surface area contributed by atoms with Crippen LogP contribution in [0.1, 0.15) is 10.4 Å². The van der Waals surface area contributed by atoms with E-state index in [1.54, 1.807) is 0 Å². The summed E-state index contributed by atoms with van der Waals surface area (Å²) in [5.41, 5.74) is -0.147. The third kappa shape index (κ3) is 2.48. The maximum absolute atomic E-state index is 10.4. The van der Waals surface area contributed by atoms with E-state index in [1.165, 1.54) is 0 Å². The molecule has 0 fully saturated rings. The number of hydrogen-bond donors (Lipinski definition) is 1. The number of carbonyl (C=O) groups is 1. The second-order valence-corrected chi connectivity index (χ2v) is 2.42. The molecule has 1 N–H and O–H groups in total. The number of carboxylic acid groups (broad SMARTS) is 1. The summed E-state index contributed by atoms with van der Waals surface area (Å²) >= 11 is 10.7. The molecule has 0 aliphatic carbocycles. The number of hydrogen-bond acceptors (Lipinski definition) is 3. The van der Waals surface area contributed by atoms with Crippen LogP contribution in [0.4, 0.5) is 0 Å². The average molecular weight is 229 g/mol. The van der Waals surface area contributed by atoms with Gasteiger partial charge >= 0.3 is 5.97 Å². The summed E-state index contributed by atoms with van der Waals surface area (Å²) < 4.78 is 0. The Morgan fingerprint density at radius 1 is 1.42 bits per heavy atom. The molecule has 0 unspecified atom stereocenters. The molecule has 0 radical (unpaired) electrons. The number of halogens is 3. The van der Waals surface area contributed by atoms with Crippen molar-refractivity contribution in [3.8, 4) is 0 Å². The van der Waals surface area contributed by atoms with E-state index >= 15 is 0 Å². The number of aromatic carboxylic acids is 1. The Hall–Kier alpha value is -0.580. The minimum Gasteiger partial charge on any atom is -0.478 e. The molecule has 1 aromatic rings. The smallest absolute Gasteiger partial charge is 0.339 e. The van der Waals surface area contributed by atoms with Crippen LogP contribution < -0.4 is 0 Å². The van der Waals surface area contributed by atoms with E-state index in [9.17, 15) is 4.79 Å². The van der Waals surface area contributed by atoms with Gasteiger partial charge in [0.25, 0.3) is 0 Å². The SMILES string of the molecule is Cl.O=C(O)c1cc(Cl)nnc1Cl. The molecule has 0 spiro atoms. The quantitative estimate of drug-likeness (QED) is 0.799. The van der Waals surface area contributed by atoms with Gasteiger partial charge in [0, 0.05) is 0 Å². The zero-order valence-corrected chi connectivity index (χ0v) is 7.82. The van der Waals surface area contributed by atoms with Crippen molar-refractivity contribution in [2.75, 3.05) is 0 Å². The summed E-state index contributed by atoms with van der Waals surface area (Å²) in [5, 5.41) is 15.0. The Bertz CT molecular complexity index is 305. The Balaban J connectivity index is 0.00000121. The van der Waals surface area contributed by atoms with Crippen molar-refractivity contribution in [3.05, 3.63) is 21.9 Å². The molecule has 0 amide bonds. The van der Waals surface area contributed by atoms with Gasteiger partial charge in [-0.05, 0) is 6.07 Å². The van der Waals surface area contributed by atoms with E-state index in [2.05, 4.69) is 10.2 Å². The minimum absolute atomic E-state index is 0. The van der Waals surface area contributed by atoms with E-state index in [1.807, 2.05) is 0 Å². The topological polar surface area (TPSA) is 63.1 Å². The third-order valence-corrected chi connectivity index (χ3v) is 1.41. The molecule has 1 heterocycles. The Labute approximate surface area is 83.9 Å². The van der Waals surface area contributed by atoms with Crippen molar-refractivity contribution in [3.63, 3.8) is 0 Å². The van der Waals surface area contributed by atoms with Crippen LogP contribution in [0.5, 0.6) is 0 Å². The molecule has 0 aliphatic heterocycles. The molecular weight excluding hydrogens is 226 g/mol. The lowest BCUT2D eigenvalue weighted by Crippen LogP contribution is -2.00. The Morgan fingerprint density at radius 3 is 2.42 bits per heavy atom. The average Bonchev–Trinajstić information content (AvgIpc) is 1.94. The third-order valence-electron chi connectivity index (χ3n) is 0.949. The zero-order valence-electron chi connectivity index (χ0n) is 5.49. The van der Waals surface area contributed by atoms with Gasteiger partial charge in [-0.25, -0.2) is 4.79 Å². The number of carboxylic acids is 1. The highest BCUT2D eigenvalue weighted by molar-refractivity contribution is 6.33. The molecule has 1 rings (SSSR count). The summed E-state index contributed by atoms with van der Waals surface area (Å²) in [6, 6.07) is 1.14. The molecule has 0 saturated carbocycles. The number of nitrogens with zero attached hydrogens (tertiary/aromatic N) is 2. The highest BCUT2D eigenvalue weighted by atomic mass is 35.5. The first-order valence-electron chi connectivity index (χ1n) is 2.53. The first kappa shape index (κ1) is 11.4. The van der Waals surface area contributed by atoms with Gasteiger partial charge in [0.05, 0.1) is 0 Å². The summed E-state index contributed by atoms with van der Waals surface area (Å²) in [6.45, 7) is 0. The van der Waals surface area contributed by atoms with Crippen LogP contribution in [0.3, 0.4) is 0 Å². The molecule has 7 heteroatoms. The van der Waals surface area contributed by atoms with Crippen LogP contribution in [0.15, 0.2) is 6.07 Å². The van der Waals surface area contributed by atoms with Crippen molar-refractivity contribution in [1.82, 2.24) is 10.2 Å². The lowest BCUT2D eigenvalue weighted by Gasteiger charge is -1.94. The predicted octanol–water partition coefficient (Wildman–Crippen LogP) is 1.90. The van der Waals surface area contributed by atoms with Crippen molar-refractivity contribution in [1.29, 1.82) is 0 Å². The zero-order chi connectivity index (χ0) is 8.43. The first-order chi connectivity index (χ1) is 5.11. The summed E-state index contributed by atoms with van der Waals surface area (Å²) in [4.78, 5) is 10.4. The van der Waals surface area contributed by atoms with E-state index in [0.717, 1.165) is 6.07 Å². The Kier molecular flexibility index (Phi) is 4.23. The van der Waals surface area contributed by atoms with E-state index < -0.39 is 5.97 Å². The maximum Gasteiger partial charge on any atom is 0.339 e. The fraction of sp³-hybridized carbons (Fsp3) is 0. The van der Waals surface area contributed by atoms with Crippen molar-refractivity contribution < 1.29 is 9.90 Å². The predicted molar refractivity (Wildman–Crippen MR) is 46.3 cm³/mol. The van der Waals surface area contributed by atoms with Crippen LogP contribution in [0.25, 0.3) is 0 Å². The number of aromatic nitrogens is 2. The Morgan fingerprint density at radius 2 is 2.00 bits per heavy atom. The van der Waals surface area contributed by atoms with Crippen LogP contribution >= 0.6 is 35.6 Å². The summed E-state index contributed by atoms with van der Waals surface area (Å²) in [5.74, 6) is -1.17. The van der Waals surface area contributed by atoms with Crippen molar-refractivity contribution >= 4 is 41.6 Å². The highest BCUT2D eigenvalue weighted by Gasteiger charge is 2.10. The molecular formula is C5H3Cl3N2O2. The lowest BCUT2D eigenvalue weighted by atomic mass is 10.3. The monoisotopic (exact) mass is 228 g/mol. The molecule has 0 saturated heterocycles. The lowest BCUT2D eigenvalue weighted by molar-refractivity contribution is 0.0696. The highest BCUT2D eigenvalue weighted by Crippen LogP contribution is 2.14. The van der Waals surface area contributed by atoms with Gasteiger partial charge in [0.1, 0.15) is 5.56 Å².